The summed E-state index contributed by atoms with van der Waals surface area (Å²) in [4.78, 5) is 14.3. The zero-order valence-corrected chi connectivity index (χ0v) is 19.9. The van der Waals surface area contributed by atoms with Crippen molar-refractivity contribution < 1.29 is 21.8 Å². The predicted octanol–water partition coefficient (Wildman–Crippen LogP) is 4.11. The molecule has 1 heterocycles. The first-order valence-corrected chi connectivity index (χ1v) is 12.9. The summed E-state index contributed by atoms with van der Waals surface area (Å²) in [6.07, 6.45) is -0.728. The Morgan fingerprint density at radius 1 is 1.00 bits per heavy atom. The number of carbonyl (C=O) groups is 1. The van der Waals surface area contributed by atoms with E-state index in [9.17, 15) is 17.1 Å². The number of halogens is 1. The number of carbonyl (C=O) groups excluding carboxylic acids is 1. The number of hydrogen-bond acceptors (Lipinski definition) is 6. The van der Waals surface area contributed by atoms with Crippen molar-refractivity contribution >= 4 is 22.0 Å². The molecule has 0 bridgehead atoms. The highest BCUT2D eigenvalue weighted by Crippen LogP contribution is 2.44. The third-order valence-corrected chi connectivity index (χ3v) is 7.25. The maximum atomic E-state index is 13.8. The zero-order valence-electron chi connectivity index (χ0n) is 19.0. The fourth-order valence-corrected chi connectivity index (χ4v) is 5.40. The number of benzene rings is 3. The average molecular weight is 496 g/mol. The van der Waals surface area contributed by atoms with Crippen LogP contribution in [0, 0.1) is 0 Å². The Kier molecular flexibility index (Phi) is 6.55. The number of ether oxygens (including phenoxy) is 1. The smallest absolute Gasteiger partial charge is 0.411 e. The second-order valence-corrected chi connectivity index (χ2v) is 10.1. The Labute approximate surface area is 204 Å². The molecule has 1 fully saturated rings. The molecule has 35 heavy (non-hydrogen) atoms. The number of piperazine rings is 1. The topological polar surface area (TPSA) is 87.7 Å². The van der Waals surface area contributed by atoms with Crippen molar-refractivity contribution in [2.24, 2.45) is 0 Å². The second kappa shape index (κ2) is 9.77. The molecule has 2 N–H and O–H groups in total. The van der Waals surface area contributed by atoms with Crippen molar-refractivity contribution in [2.75, 3.05) is 38.1 Å². The van der Waals surface area contributed by atoms with Crippen molar-refractivity contribution in [3.05, 3.63) is 83.4 Å². The molecular weight excluding hydrogens is 469 g/mol. The van der Waals surface area contributed by atoms with E-state index in [1.165, 1.54) is 6.07 Å². The fourth-order valence-electron chi connectivity index (χ4n) is 4.84. The second-order valence-electron chi connectivity index (χ2n) is 8.78. The molecule has 3 aromatic rings. The largest absolute Gasteiger partial charge is 0.448 e. The Hall–Kier alpha value is -3.27. The summed E-state index contributed by atoms with van der Waals surface area (Å²) in [5.41, 5.74) is 5.19. The van der Waals surface area contributed by atoms with Crippen LogP contribution in [0.25, 0.3) is 11.1 Å². The van der Waals surface area contributed by atoms with Gasteiger partial charge >= 0.3 is 16.3 Å². The van der Waals surface area contributed by atoms with Gasteiger partial charge in [0.2, 0.25) is 0 Å². The molecular formula is C26H26FN3O4S. The minimum absolute atomic E-state index is 0.103. The highest BCUT2D eigenvalue weighted by molar-refractivity contribution is 7.86. The van der Waals surface area contributed by atoms with E-state index < -0.39 is 21.2 Å². The molecule has 1 amide bonds. The average Bonchev–Trinajstić information content (AvgIpc) is 3.16. The van der Waals surface area contributed by atoms with Crippen molar-refractivity contribution in [3.8, 4) is 11.1 Å². The van der Waals surface area contributed by atoms with Crippen LogP contribution in [0.5, 0.6) is 0 Å². The van der Waals surface area contributed by atoms with Crippen molar-refractivity contribution in [1.29, 1.82) is 0 Å². The number of amides is 1. The fraction of sp³-hybridized carbons (Fsp3) is 0.269. The monoisotopic (exact) mass is 495 g/mol. The number of hydrogen-bond donors (Lipinski definition) is 2. The van der Waals surface area contributed by atoms with Gasteiger partial charge < -0.3 is 10.1 Å². The van der Waals surface area contributed by atoms with E-state index in [0.29, 0.717) is 12.1 Å². The van der Waals surface area contributed by atoms with Crippen LogP contribution in [0.15, 0.2) is 71.6 Å². The lowest BCUT2D eigenvalue weighted by molar-refractivity contribution is 0.158. The van der Waals surface area contributed by atoms with Gasteiger partial charge in [0.1, 0.15) is 11.5 Å². The van der Waals surface area contributed by atoms with Crippen molar-refractivity contribution in [2.45, 2.75) is 17.4 Å². The Balaban J connectivity index is 1.31. The Bertz CT molecular complexity index is 1310. The van der Waals surface area contributed by atoms with Crippen LogP contribution in [0.1, 0.15) is 22.6 Å². The van der Waals surface area contributed by atoms with Gasteiger partial charge in [-0.25, -0.2) is 4.79 Å². The van der Waals surface area contributed by atoms with E-state index in [-0.39, 0.29) is 18.2 Å². The molecule has 2 aliphatic rings. The Morgan fingerprint density at radius 3 is 2.26 bits per heavy atom. The highest BCUT2D eigenvalue weighted by atomic mass is 32.3. The third-order valence-electron chi connectivity index (χ3n) is 6.45. The minimum Gasteiger partial charge on any atom is -0.448 e. The summed E-state index contributed by atoms with van der Waals surface area (Å²) in [7, 11) is -4.94. The first-order valence-electron chi connectivity index (χ1n) is 11.5. The molecule has 7 nitrogen and oxygen atoms in total. The molecule has 0 unspecified atom stereocenters. The molecule has 5 rings (SSSR count). The molecule has 1 aliphatic carbocycles. The van der Waals surface area contributed by atoms with Gasteiger partial charge in [-0.1, -0.05) is 48.5 Å². The molecule has 0 saturated carbocycles. The molecule has 9 heteroatoms. The summed E-state index contributed by atoms with van der Waals surface area (Å²) in [5.74, 6) is -0.103. The van der Waals surface area contributed by atoms with Crippen molar-refractivity contribution in [1.82, 2.24) is 10.2 Å². The summed E-state index contributed by atoms with van der Waals surface area (Å²) in [6.45, 7) is 3.81. The van der Waals surface area contributed by atoms with Gasteiger partial charge in [0.15, 0.2) is 0 Å². The van der Waals surface area contributed by atoms with E-state index >= 15 is 0 Å². The maximum Gasteiger partial charge on any atom is 0.411 e. The van der Waals surface area contributed by atoms with Crippen LogP contribution in [-0.4, -0.2) is 52.2 Å². The predicted molar refractivity (Wildman–Crippen MR) is 132 cm³/mol. The van der Waals surface area contributed by atoms with Gasteiger partial charge in [-0.15, -0.1) is 3.89 Å². The number of fused-ring (bicyclic) bond motifs is 3. The quantitative estimate of drug-likeness (QED) is 0.501. The molecule has 1 saturated heterocycles. The normalized spacial score (nSPS) is 15.9. The molecule has 0 atom stereocenters. The highest BCUT2D eigenvalue weighted by Gasteiger charge is 2.29. The summed E-state index contributed by atoms with van der Waals surface area (Å²) >= 11 is 0. The van der Waals surface area contributed by atoms with E-state index in [0.717, 1.165) is 54.5 Å². The first kappa shape index (κ1) is 23.5. The molecule has 0 radical (unpaired) electrons. The van der Waals surface area contributed by atoms with E-state index in [2.05, 4.69) is 27.7 Å². The van der Waals surface area contributed by atoms with Crippen LogP contribution in [-0.2, 0) is 21.5 Å². The number of rotatable bonds is 6. The van der Waals surface area contributed by atoms with Gasteiger partial charge in [0, 0.05) is 44.3 Å². The number of nitrogens with one attached hydrogen (secondary N) is 2. The van der Waals surface area contributed by atoms with Gasteiger partial charge in [0.25, 0.3) is 0 Å². The number of nitrogens with zero attached hydrogens (tertiary/aromatic N) is 1. The van der Waals surface area contributed by atoms with Crippen LogP contribution < -0.4 is 10.6 Å². The van der Waals surface area contributed by atoms with Gasteiger partial charge in [-0.2, -0.15) is 8.42 Å². The summed E-state index contributed by atoms with van der Waals surface area (Å²) in [5, 5.41) is 5.83. The lowest BCUT2D eigenvalue weighted by Gasteiger charge is -2.27. The van der Waals surface area contributed by atoms with Crippen LogP contribution >= 0.6 is 0 Å². The lowest BCUT2D eigenvalue weighted by Crippen LogP contribution is -2.42. The van der Waals surface area contributed by atoms with Gasteiger partial charge in [0.05, 0.1) is 0 Å². The van der Waals surface area contributed by atoms with Gasteiger partial charge in [-0.3, -0.25) is 10.2 Å². The molecule has 3 aromatic carbocycles. The van der Waals surface area contributed by atoms with E-state index in [4.69, 9.17) is 4.74 Å². The molecule has 182 valence electrons. The molecule has 0 spiro atoms. The minimum atomic E-state index is -4.94. The molecule has 0 aromatic heterocycles. The summed E-state index contributed by atoms with van der Waals surface area (Å²) < 4.78 is 42.6. The SMILES string of the molecule is O=C(Nc1cc(CN2CCNCC2)cc(S(=O)(=O)F)c1)OCC1c2ccccc2-c2ccccc21. The maximum absolute atomic E-state index is 13.8. The van der Waals surface area contributed by atoms with E-state index in [1.807, 2.05) is 36.4 Å². The van der Waals surface area contributed by atoms with Crippen LogP contribution in [0.2, 0.25) is 0 Å². The first-order chi connectivity index (χ1) is 16.9. The number of anilines is 1. The Morgan fingerprint density at radius 2 is 1.63 bits per heavy atom. The summed E-state index contributed by atoms with van der Waals surface area (Å²) in [6, 6.07) is 20.1. The van der Waals surface area contributed by atoms with Gasteiger partial charge in [-0.05, 0) is 46.0 Å². The zero-order chi connectivity index (χ0) is 24.4. The van der Waals surface area contributed by atoms with Crippen molar-refractivity contribution in [3.63, 3.8) is 0 Å². The van der Waals surface area contributed by atoms with Crippen LogP contribution in [0.3, 0.4) is 0 Å². The van der Waals surface area contributed by atoms with E-state index in [1.54, 1.807) is 6.07 Å². The molecule has 1 aliphatic heterocycles. The third kappa shape index (κ3) is 5.22. The standard InChI is InChI=1S/C26H26FN3O4S/c27-35(32,33)20-14-18(16-30-11-9-28-10-12-30)13-19(15-20)29-26(31)34-17-25-23-7-3-1-5-21(23)22-6-2-4-8-24(22)25/h1-8,13-15,25,28H,9-12,16-17H2,(H,29,31). The lowest BCUT2D eigenvalue weighted by atomic mass is 9.98. The van der Waals surface area contributed by atoms with Crippen LogP contribution in [0.4, 0.5) is 14.4 Å².